The molecule has 6 heteroatoms. The second-order valence-electron chi connectivity index (χ2n) is 5.00. The topological polar surface area (TPSA) is 69.7 Å². The van der Waals surface area contributed by atoms with Gasteiger partial charge in [0.05, 0.1) is 12.5 Å². The number of Topliss-reactive ketones (excluding diaryl/α,β-unsaturated/α-hetero) is 1. The largest absolute Gasteiger partial charge is 0.299 e. The number of amides is 2. The molecule has 4 rings (SSSR count). The van der Waals surface area contributed by atoms with Crippen LogP contribution in [0.15, 0.2) is 0 Å². The molecule has 17 heavy (non-hydrogen) atoms. The van der Waals surface area contributed by atoms with E-state index in [9.17, 15) is 14.4 Å². The minimum atomic E-state index is -0.207. The number of hydrogen-bond acceptors (Lipinski definition) is 4. The Balaban J connectivity index is 1.91. The summed E-state index contributed by atoms with van der Waals surface area (Å²) in [6.07, 6.45) is 2.05. The van der Waals surface area contributed by atoms with Gasteiger partial charge in [0.15, 0.2) is 0 Å². The molecule has 2 atom stereocenters. The lowest BCUT2D eigenvalue weighted by molar-refractivity contribution is -0.172. The predicted molar refractivity (Wildman–Crippen MR) is 57.0 cm³/mol. The van der Waals surface area contributed by atoms with E-state index in [0.717, 1.165) is 0 Å². The van der Waals surface area contributed by atoms with Crippen LogP contribution in [0.2, 0.25) is 0 Å². The SMILES string of the molecule is O=C1CCCC(=O)N2CC3CC1CN(N2)C3=O. The van der Waals surface area contributed by atoms with E-state index in [2.05, 4.69) is 5.53 Å². The summed E-state index contributed by atoms with van der Waals surface area (Å²) in [4.78, 5) is 35.6. The molecule has 0 aromatic rings. The van der Waals surface area contributed by atoms with E-state index in [-0.39, 0.29) is 29.4 Å². The lowest BCUT2D eigenvalue weighted by atomic mass is 9.83. The smallest absolute Gasteiger partial charge is 0.243 e. The Morgan fingerprint density at radius 3 is 2.53 bits per heavy atom. The van der Waals surface area contributed by atoms with Gasteiger partial charge >= 0.3 is 0 Å². The third kappa shape index (κ3) is 1.72. The Morgan fingerprint density at radius 1 is 1.00 bits per heavy atom. The Bertz CT molecular complexity index is 349. The summed E-state index contributed by atoms with van der Waals surface area (Å²) in [7, 11) is 0. The van der Waals surface area contributed by atoms with Crippen LogP contribution in [-0.2, 0) is 14.4 Å². The Labute approximate surface area is 98.9 Å². The molecule has 0 spiro atoms. The molecule has 4 aliphatic rings. The van der Waals surface area contributed by atoms with Gasteiger partial charge in [-0.25, -0.2) is 0 Å². The predicted octanol–water partition coefficient (Wildman–Crippen LogP) is -0.534. The van der Waals surface area contributed by atoms with Crippen molar-refractivity contribution in [2.45, 2.75) is 25.7 Å². The molecular weight excluding hydrogens is 222 g/mol. The number of carbonyl (C=O) groups is 3. The third-order valence-corrected chi connectivity index (χ3v) is 3.80. The highest BCUT2D eigenvalue weighted by Gasteiger charge is 2.43. The van der Waals surface area contributed by atoms with E-state index in [0.29, 0.717) is 38.8 Å². The fourth-order valence-electron chi connectivity index (χ4n) is 2.84. The average molecular weight is 237 g/mol. The summed E-state index contributed by atoms with van der Waals surface area (Å²) in [5.74, 6) is -0.0849. The molecule has 92 valence electrons. The van der Waals surface area contributed by atoms with Crippen LogP contribution in [0.1, 0.15) is 25.7 Å². The van der Waals surface area contributed by atoms with E-state index in [1.165, 1.54) is 10.0 Å². The van der Waals surface area contributed by atoms with Crippen molar-refractivity contribution in [1.29, 1.82) is 0 Å². The van der Waals surface area contributed by atoms with E-state index < -0.39 is 0 Å². The summed E-state index contributed by atoms with van der Waals surface area (Å²) in [6, 6.07) is 0. The van der Waals surface area contributed by atoms with E-state index in [1.54, 1.807) is 0 Å². The Kier molecular flexibility index (Phi) is 2.39. The molecule has 2 amide bonds. The van der Waals surface area contributed by atoms with Crippen molar-refractivity contribution in [2.75, 3.05) is 13.1 Å². The normalized spacial score (nSPS) is 33.5. The molecule has 6 nitrogen and oxygen atoms in total. The monoisotopic (exact) mass is 237 g/mol. The van der Waals surface area contributed by atoms with Gasteiger partial charge in [-0.1, -0.05) is 0 Å². The van der Waals surface area contributed by atoms with Crippen LogP contribution in [-0.4, -0.2) is 40.7 Å². The van der Waals surface area contributed by atoms with Crippen molar-refractivity contribution in [3.63, 3.8) is 0 Å². The number of rotatable bonds is 0. The number of piperidine rings is 1. The van der Waals surface area contributed by atoms with Gasteiger partial charge in [0.2, 0.25) is 11.8 Å². The first-order valence-corrected chi connectivity index (χ1v) is 6.06. The van der Waals surface area contributed by atoms with Gasteiger partial charge < -0.3 is 0 Å². The Hall–Kier alpha value is -1.43. The zero-order valence-electron chi connectivity index (χ0n) is 9.52. The fraction of sp³-hybridized carbons (Fsp3) is 0.727. The molecule has 0 radical (unpaired) electrons. The van der Waals surface area contributed by atoms with Gasteiger partial charge in [0, 0.05) is 25.3 Å². The average Bonchev–Trinajstić information content (AvgIpc) is 2.27. The van der Waals surface area contributed by atoms with Gasteiger partial charge in [0.1, 0.15) is 5.78 Å². The highest BCUT2D eigenvalue weighted by molar-refractivity contribution is 5.88. The number of carbonyl (C=O) groups excluding carboxylic acids is 3. The second-order valence-corrected chi connectivity index (χ2v) is 5.00. The lowest BCUT2D eigenvalue weighted by Gasteiger charge is -2.46. The summed E-state index contributed by atoms with van der Waals surface area (Å²) in [6.45, 7) is 0.801. The maximum Gasteiger partial charge on any atom is 0.243 e. The first-order valence-electron chi connectivity index (χ1n) is 6.06. The minimum Gasteiger partial charge on any atom is -0.299 e. The van der Waals surface area contributed by atoms with E-state index in [4.69, 9.17) is 0 Å². The molecule has 4 aliphatic heterocycles. The van der Waals surface area contributed by atoms with Crippen LogP contribution in [0.4, 0.5) is 0 Å². The molecule has 2 unspecified atom stereocenters. The molecule has 1 N–H and O–H groups in total. The molecule has 4 saturated heterocycles. The van der Waals surface area contributed by atoms with Crippen LogP contribution in [0.3, 0.4) is 0 Å². The van der Waals surface area contributed by atoms with E-state index in [1.807, 2.05) is 0 Å². The lowest BCUT2D eigenvalue weighted by Crippen LogP contribution is -2.67. The molecular formula is C11H15N3O3. The molecule has 4 fully saturated rings. The van der Waals surface area contributed by atoms with Crippen molar-refractivity contribution in [3.05, 3.63) is 0 Å². The summed E-state index contributed by atoms with van der Waals surface area (Å²) in [5.41, 5.74) is 2.82. The number of nitrogens with one attached hydrogen (secondary N) is 1. The molecule has 4 heterocycles. The highest BCUT2D eigenvalue weighted by Crippen LogP contribution is 2.29. The van der Waals surface area contributed by atoms with Crippen molar-refractivity contribution >= 4 is 17.6 Å². The van der Waals surface area contributed by atoms with Crippen molar-refractivity contribution < 1.29 is 14.4 Å². The molecule has 0 aliphatic carbocycles. The number of hydrogen-bond donors (Lipinski definition) is 1. The van der Waals surface area contributed by atoms with Crippen LogP contribution in [0, 0.1) is 11.8 Å². The number of nitrogens with zero attached hydrogens (tertiary/aromatic N) is 2. The molecule has 0 aromatic heterocycles. The quantitative estimate of drug-likeness (QED) is 0.614. The number of fused-ring (bicyclic) bond motifs is 4. The molecule has 0 aromatic carbocycles. The minimum absolute atomic E-state index is 0.0127. The third-order valence-electron chi connectivity index (χ3n) is 3.80. The Morgan fingerprint density at radius 2 is 1.76 bits per heavy atom. The fourth-order valence-corrected chi connectivity index (χ4v) is 2.84. The molecule has 0 saturated carbocycles. The van der Waals surface area contributed by atoms with Gasteiger partial charge in [-0.05, 0) is 12.8 Å². The second kappa shape index (κ2) is 3.80. The summed E-state index contributed by atoms with van der Waals surface area (Å²) in [5, 5.41) is 2.96. The zero-order valence-corrected chi connectivity index (χ0v) is 9.52. The van der Waals surface area contributed by atoms with Crippen molar-refractivity contribution in [2.24, 2.45) is 11.8 Å². The first-order chi connectivity index (χ1) is 8.15. The van der Waals surface area contributed by atoms with Gasteiger partial charge in [-0.15, -0.1) is 5.53 Å². The highest BCUT2D eigenvalue weighted by atomic mass is 16.2. The van der Waals surface area contributed by atoms with Gasteiger partial charge in [0.25, 0.3) is 0 Å². The van der Waals surface area contributed by atoms with Crippen LogP contribution in [0.25, 0.3) is 0 Å². The van der Waals surface area contributed by atoms with E-state index >= 15 is 0 Å². The van der Waals surface area contributed by atoms with Crippen molar-refractivity contribution in [3.8, 4) is 0 Å². The zero-order chi connectivity index (χ0) is 12.0. The maximum absolute atomic E-state index is 11.9. The maximum atomic E-state index is 11.9. The van der Waals surface area contributed by atoms with Crippen molar-refractivity contribution in [1.82, 2.24) is 15.6 Å². The number of hydrazine groups is 2. The number of ketones is 1. The standard InChI is InChI=1S/C11H15N3O3/c15-9-2-1-3-10(16)13-6-8-4-7(9)5-14(12-13)11(8)17/h7-8,12H,1-6H2. The van der Waals surface area contributed by atoms with Crippen LogP contribution < -0.4 is 5.53 Å². The first kappa shape index (κ1) is 10.7. The molecule has 4 bridgehead atoms. The summed E-state index contributed by atoms with van der Waals surface area (Å²) < 4.78 is 0. The summed E-state index contributed by atoms with van der Waals surface area (Å²) >= 11 is 0. The van der Waals surface area contributed by atoms with Crippen LogP contribution in [0.5, 0.6) is 0 Å². The van der Waals surface area contributed by atoms with Gasteiger partial charge in [-0.2, -0.15) is 0 Å². The van der Waals surface area contributed by atoms with Crippen LogP contribution >= 0.6 is 0 Å². The van der Waals surface area contributed by atoms with Gasteiger partial charge in [-0.3, -0.25) is 24.4 Å².